The lowest BCUT2D eigenvalue weighted by Gasteiger charge is -2.06. The molecule has 0 aromatic heterocycles. The van der Waals surface area contributed by atoms with E-state index in [4.69, 9.17) is 28.9 Å². The lowest BCUT2D eigenvalue weighted by molar-refractivity contribution is 0.0951. The molecule has 3 nitrogen and oxygen atoms in total. The van der Waals surface area contributed by atoms with Crippen LogP contribution in [0.3, 0.4) is 0 Å². The first kappa shape index (κ1) is 10.6. The van der Waals surface area contributed by atoms with E-state index in [0.717, 1.165) is 12.8 Å². The summed E-state index contributed by atoms with van der Waals surface area (Å²) >= 11 is 11.6. The topological polar surface area (TPSA) is 55.1 Å². The average molecular weight is 245 g/mol. The van der Waals surface area contributed by atoms with E-state index in [-0.39, 0.29) is 5.91 Å². The maximum Gasteiger partial charge on any atom is 0.251 e. The number of rotatable bonds is 2. The Labute approximate surface area is 97.5 Å². The predicted octanol–water partition coefficient (Wildman–Crippen LogP) is 2.47. The Balaban J connectivity index is 2.23. The number of nitrogen functional groups attached to an aromatic ring is 1. The first-order valence-electron chi connectivity index (χ1n) is 4.63. The van der Waals surface area contributed by atoms with Crippen molar-refractivity contribution in [2.24, 2.45) is 0 Å². The van der Waals surface area contributed by atoms with Crippen molar-refractivity contribution in [2.45, 2.75) is 18.9 Å². The van der Waals surface area contributed by atoms with Crippen molar-refractivity contribution in [3.05, 3.63) is 27.7 Å². The first-order valence-corrected chi connectivity index (χ1v) is 5.39. The van der Waals surface area contributed by atoms with Crippen molar-refractivity contribution >= 4 is 34.8 Å². The first-order chi connectivity index (χ1) is 7.08. The molecule has 1 fully saturated rings. The summed E-state index contributed by atoms with van der Waals surface area (Å²) in [7, 11) is 0. The van der Waals surface area contributed by atoms with Crippen LogP contribution < -0.4 is 11.1 Å². The van der Waals surface area contributed by atoms with Crippen LogP contribution in [-0.4, -0.2) is 11.9 Å². The van der Waals surface area contributed by atoms with E-state index >= 15 is 0 Å². The van der Waals surface area contributed by atoms with Crippen molar-refractivity contribution in [3.63, 3.8) is 0 Å². The van der Waals surface area contributed by atoms with Crippen LogP contribution >= 0.6 is 23.2 Å². The van der Waals surface area contributed by atoms with E-state index in [1.807, 2.05) is 0 Å². The number of halogens is 2. The molecular weight excluding hydrogens is 235 g/mol. The van der Waals surface area contributed by atoms with Crippen LogP contribution in [0.1, 0.15) is 23.2 Å². The third-order valence-electron chi connectivity index (χ3n) is 2.23. The van der Waals surface area contributed by atoms with Gasteiger partial charge in [0.15, 0.2) is 0 Å². The molecule has 0 radical (unpaired) electrons. The molecule has 3 N–H and O–H groups in total. The van der Waals surface area contributed by atoms with Crippen molar-refractivity contribution in [3.8, 4) is 0 Å². The Hall–Kier alpha value is -0.930. The fourth-order valence-electron chi connectivity index (χ4n) is 1.24. The number of nitrogens with one attached hydrogen (secondary N) is 1. The minimum Gasteiger partial charge on any atom is -0.397 e. The van der Waals surface area contributed by atoms with Crippen molar-refractivity contribution < 1.29 is 4.79 Å². The highest BCUT2D eigenvalue weighted by Gasteiger charge is 2.24. The number of hydrogen-bond acceptors (Lipinski definition) is 2. The van der Waals surface area contributed by atoms with Crippen molar-refractivity contribution in [1.82, 2.24) is 5.32 Å². The van der Waals surface area contributed by atoms with Gasteiger partial charge in [-0.05, 0) is 25.0 Å². The minimum absolute atomic E-state index is 0.150. The van der Waals surface area contributed by atoms with Gasteiger partial charge in [-0.25, -0.2) is 0 Å². The van der Waals surface area contributed by atoms with Crippen LogP contribution in [0, 0.1) is 0 Å². The molecule has 1 aliphatic carbocycles. The van der Waals surface area contributed by atoms with E-state index in [0.29, 0.717) is 27.3 Å². The Morgan fingerprint density at radius 1 is 1.40 bits per heavy atom. The predicted molar refractivity (Wildman–Crippen MR) is 61.4 cm³/mol. The molecule has 0 saturated heterocycles. The summed E-state index contributed by atoms with van der Waals surface area (Å²) in [5, 5.41) is 3.44. The Morgan fingerprint density at radius 3 is 2.60 bits per heavy atom. The molecule has 2 rings (SSSR count). The molecule has 1 saturated carbocycles. The molecule has 0 heterocycles. The van der Waals surface area contributed by atoms with Gasteiger partial charge in [0.25, 0.3) is 5.91 Å². The molecule has 15 heavy (non-hydrogen) atoms. The molecule has 5 heteroatoms. The van der Waals surface area contributed by atoms with Gasteiger partial charge in [-0.2, -0.15) is 0 Å². The molecule has 1 aromatic rings. The fourth-order valence-corrected chi connectivity index (χ4v) is 1.57. The smallest absolute Gasteiger partial charge is 0.251 e. The Morgan fingerprint density at radius 2 is 2.07 bits per heavy atom. The van der Waals surface area contributed by atoms with Gasteiger partial charge in [-0.3, -0.25) is 4.79 Å². The molecule has 1 amide bonds. The summed E-state index contributed by atoms with van der Waals surface area (Å²) in [5.74, 6) is -0.150. The summed E-state index contributed by atoms with van der Waals surface area (Å²) < 4.78 is 0. The Kier molecular flexibility index (Phi) is 2.76. The van der Waals surface area contributed by atoms with Gasteiger partial charge in [-0.15, -0.1) is 0 Å². The molecule has 0 spiro atoms. The molecule has 0 unspecified atom stereocenters. The maximum atomic E-state index is 11.6. The van der Waals surface area contributed by atoms with Crippen LogP contribution in [0.25, 0.3) is 0 Å². The van der Waals surface area contributed by atoms with Gasteiger partial charge in [0.05, 0.1) is 15.7 Å². The van der Waals surface area contributed by atoms with Crippen LogP contribution in [0.2, 0.25) is 10.0 Å². The number of carbonyl (C=O) groups excluding carboxylic acids is 1. The summed E-state index contributed by atoms with van der Waals surface area (Å²) in [6.07, 6.45) is 2.09. The van der Waals surface area contributed by atoms with E-state index in [1.165, 1.54) is 12.1 Å². The third kappa shape index (κ3) is 2.36. The second kappa shape index (κ2) is 3.91. The number of nitrogens with two attached hydrogens (primary N) is 1. The number of carbonyl (C=O) groups is 1. The summed E-state index contributed by atoms with van der Waals surface area (Å²) in [6.45, 7) is 0. The molecule has 0 atom stereocenters. The zero-order valence-electron chi connectivity index (χ0n) is 7.89. The number of amides is 1. The van der Waals surface area contributed by atoms with E-state index < -0.39 is 0 Å². The lowest BCUT2D eigenvalue weighted by atomic mass is 10.2. The highest BCUT2D eigenvalue weighted by Crippen LogP contribution is 2.29. The number of benzene rings is 1. The van der Waals surface area contributed by atoms with Crippen LogP contribution in [0.5, 0.6) is 0 Å². The summed E-state index contributed by atoms with van der Waals surface area (Å²) in [5.41, 5.74) is 6.39. The van der Waals surface area contributed by atoms with Crippen LogP contribution in [0.4, 0.5) is 5.69 Å². The van der Waals surface area contributed by atoms with Gasteiger partial charge in [-0.1, -0.05) is 23.2 Å². The molecule has 80 valence electrons. The average Bonchev–Trinajstić information content (AvgIpc) is 2.97. The third-order valence-corrected chi connectivity index (χ3v) is 3.05. The SMILES string of the molecule is Nc1cc(C(=O)NC2CC2)cc(Cl)c1Cl. The highest BCUT2D eigenvalue weighted by molar-refractivity contribution is 6.43. The van der Waals surface area contributed by atoms with Crippen LogP contribution in [-0.2, 0) is 0 Å². The second-order valence-electron chi connectivity index (χ2n) is 3.61. The number of hydrogen-bond donors (Lipinski definition) is 2. The monoisotopic (exact) mass is 244 g/mol. The van der Waals surface area contributed by atoms with Crippen LogP contribution in [0.15, 0.2) is 12.1 Å². The zero-order valence-corrected chi connectivity index (χ0v) is 9.40. The van der Waals surface area contributed by atoms with Crippen molar-refractivity contribution in [1.29, 1.82) is 0 Å². The molecule has 1 aromatic carbocycles. The minimum atomic E-state index is -0.150. The molecular formula is C10H10Cl2N2O. The summed E-state index contributed by atoms with van der Waals surface area (Å²) in [6, 6.07) is 3.37. The highest BCUT2D eigenvalue weighted by atomic mass is 35.5. The summed E-state index contributed by atoms with van der Waals surface area (Å²) in [4.78, 5) is 11.6. The normalized spacial score (nSPS) is 15.1. The standard InChI is InChI=1S/C10H10Cl2N2O/c11-7-3-5(4-8(13)9(7)12)10(15)14-6-1-2-6/h3-4,6H,1-2,13H2,(H,14,15). The lowest BCUT2D eigenvalue weighted by Crippen LogP contribution is -2.25. The second-order valence-corrected chi connectivity index (χ2v) is 4.39. The van der Waals surface area contributed by atoms with E-state index in [2.05, 4.69) is 5.32 Å². The zero-order chi connectivity index (χ0) is 11.0. The van der Waals surface area contributed by atoms with Gasteiger partial charge in [0, 0.05) is 11.6 Å². The van der Waals surface area contributed by atoms with E-state index in [1.54, 1.807) is 0 Å². The number of anilines is 1. The quantitative estimate of drug-likeness (QED) is 0.786. The van der Waals surface area contributed by atoms with Gasteiger partial charge >= 0.3 is 0 Å². The largest absolute Gasteiger partial charge is 0.397 e. The molecule has 1 aliphatic rings. The van der Waals surface area contributed by atoms with Gasteiger partial charge in [0.1, 0.15) is 0 Å². The molecule has 0 bridgehead atoms. The van der Waals surface area contributed by atoms with Gasteiger partial charge in [0.2, 0.25) is 0 Å². The maximum absolute atomic E-state index is 11.6. The van der Waals surface area contributed by atoms with Gasteiger partial charge < -0.3 is 11.1 Å². The molecule has 0 aliphatic heterocycles. The Bertz CT molecular complexity index is 393. The van der Waals surface area contributed by atoms with E-state index in [9.17, 15) is 4.79 Å². The van der Waals surface area contributed by atoms with Crippen molar-refractivity contribution in [2.75, 3.05) is 5.73 Å². The fraction of sp³-hybridized carbons (Fsp3) is 0.300.